The molecule has 0 radical (unpaired) electrons. The summed E-state index contributed by atoms with van der Waals surface area (Å²) in [5.74, 6) is -1.00. The fourth-order valence-electron chi connectivity index (χ4n) is 5.76. The molecule has 2 aromatic heterocycles. The van der Waals surface area contributed by atoms with E-state index in [1.165, 1.54) is 0 Å². The summed E-state index contributed by atoms with van der Waals surface area (Å²) in [5, 5.41) is 11.0. The zero-order valence-electron chi connectivity index (χ0n) is 23.2. The van der Waals surface area contributed by atoms with Crippen LogP contribution in [-0.4, -0.2) is 47.4 Å². The van der Waals surface area contributed by atoms with Crippen LogP contribution >= 0.6 is 0 Å². The summed E-state index contributed by atoms with van der Waals surface area (Å²) >= 11 is 0. The van der Waals surface area contributed by atoms with Crippen LogP contribution in [0.1, 0.15) is 17.7 Å². The van der Waals surface area contributed by atoms with Gasteiger partial charge in [-0.25, -0.2) is 0 Å². The lowest BCUT2D eigenvalue weighted by Crippen LogP contribution is -2.22. The largest absolute Gasteiger partial charge is 0.316 e. The summed E-state index contributed by atoms with van der Waals surface area (Å²) in [7, 11) is -3.56. The molecule has 0 saturated heterocycles. The first-order chi connectivity index (χ1) is 20.8. The number of aryl methyl sites for hydroxylation is 1. The van der Waals surface area contributed by atoms with Crippen LogP contribution in [-0.2, 0) is 30.4 Å². The van der Waals surface area contributed by atoms with Gasteiger partial charge in [-0.1, -0.05) is 66.7 Å². The average Bonchev–Trinajstić information content (AvgIpc) is 3.65. The van der Waals surface area contributed by atoms with Gasteiger partial charge in [-0.05, 0) is 41.5 Å². The Morgan fingerprint density at radius 3 is 2.26 bits per heavy atom. The number of aromatic nitrogens is 3. The van der Waals surface area contributed by atoms with Gasteiger partial charge in [-0.2, -0.15) is 13.5 Å². The van der Waals surface area contributed by atoms with Crippen molar-refractivity contribution in [3.8, 4) is 5.69 Å². The van der Waals surface area contributed by atoms with Gasteiger partial charge in [-0.3, -0.25) is 23.8 Å². The maximum atomic E-state index is 13.5. The molecule has 43 heavy (non-hydrogen) atoms. The van der Waals surface area contributed by atoms with E-state index in [0.717, 1.165) is 39.1 Å². The molecule has 10 heteroatoms. The predicted octanol–water partition coefficient (Wildman–Crippen LogP) is 5.07. The van der Waals surface area contributed by atoms with E-state index in [-0.39, 0.29) is 17.8 Å². The van der Waals surface area contributed by atoms with Crippen LogP contribution in [0.5, 0.6) is 0 Å². The molecule has 1 N–H and O–H groups in total. The molecule has 0 bridgehead atoms. The minimum atomic E-state index is -3.56. The van der Waals surface area contributed by atoms with Gasteiger partial charge in [0.1, 0.15) is 5.69 Å². The monoisotopic (exact) mass is 590 g/mol. The second-order valence-electron chi connectivity index (χ2n) is 10.5. The number of nitrogens with one attached hydrogen (secondary N) is 1. The molecule has 7 rings (SSSR count). The molecule has 214 valence electrons. The molecular formula is C33H26N4O5S. The van der Waals surface area contributed by atoms with Crippen molar-refractivity contribution in [2.45, 2.75) is 13.0 Å². The van der Waals surface area contributed by atoms with Crippen LogP contribution < -0.4 is 5.32 Å². The van der Waals surface area contributed by atoms with Gasteiger partial charge in [-0.15, -0.1) is 0 Å². The van der Waals surface area contributed by atoms with Crippen molar-refractivity contribution in [3.05, 3.63) is 108 Å². The Bertz CT molecular complexity index is 2240. The van der Waals surface area contributed by atoms with Crippen LogP contribution in [0.2, 0.25) is 0 Å². The van der Waals surface area contributed by atoms with Crippen molar-refractivity contribution in [2.75, 3.05) is 12.9 Å². The molecular weight excluding hydrogens is 564 g/mol. The Morgan fingerprint density at radius 2 is 1.47 bits per heavy atom. The zero-order chi connectivity index (χ0) is 29.7. The minimum absolute atomic E-state index is 0.00352. The summed E-state index contributed by atoms with van der Waals surface area (Å²) in [6.45, 7) is 0.360. The first-order valence-corrected chi connectivity index (χ1v) is 15.6. The third kappa shape index (κ3) is 4.80. The van der Waals surface area contributed by atoms with Crippen LogP contribution in [0.3, 0.4) is 0 Å². The van der Waals surface area contributed by atoms with Crippen molar-refractivity contribution in [1.29, 1.82) is 0 Å². The van der Waals surface area contributed by atoms with Gasteiger partial charge in [0.25, 0.3) is 21.9 Å². The first kappa shape index (κ1) is 26.8. The van der Waals surface area contributed by atoms with Crippen molar-refractivity contribution >= 4 is 65.7 Å². The Morgan fingerprint density at radius 1 is 0.791 bits per heavy atom. The summed E-state index contributed by atoms with van der Waals surface area (Å²) in [5.41, 5.74) is 4.06. The number of nitrogens with zero attached hydrogens (tertiary/aromatic N) is 3. The topological polar surface area (TPSA) is 112 Å². The molecule has 1 aliphatic rings. The smallest absolute Gasteiger partial charge is 0.264 e. The number of hydrogen-bond donors (Lipinski definition) is 1. The average molecular weight is 591 g/mol. The van der Waals surface area contributed by atoms with E-state index in [1.807, 2.05) is 77.5 Å². The normalized spacial score (nSPS) is 14.0. The zero-order valence-corrected chi connectivity index (χ0v) is 24.0. The van der Waals surface area contributed by atoms with Crippen molar-refractivity contribution in [2.24, 2.45) is 0 Å². The summed E-state index contributed by atoms with van der Waals surface area (Å²) in [4.78, 5) is 26.9. The predicted molar refractivity (Wildman–Crippen MR) is 166 cm³/mol. The number of imide groups is 1. The number of fused-ring (bicyclic) bond motifs is 3. The Hall–Kier alpha value is -5.06. The number of carbonyl (C=O) groups is 2. The number of amides is 2. The lowest BCUT2D eigenvalue weighted by molar-refractivity contribution is -0.122. The summed E-state index contributed by atoms with van der Waals surface area (Å²) < 4.78 is 31.4. The molecule has 3 heterocycles. The molecule has 0 fully saturated rings. The van der Waals surface area contributed by atoms with E-state index in [0.29, 0.717) is 29.6 Å². The number of hydrogen-bond acceptors (Lipinski definition) is 6. The maximum absolute atomic E-state index is 13.5. The second-order valence-corrected chi connectivity index (χ2v) is 12.1. The van der Waals surface area contributed by atoms with Gasteiger partial charge in [0.05, 0.1) is 35.0 Å². The molecule has 0 atom stereocenters. The van der Waals surface area contributed by atoms with Crippen LogP contribution in [0.25, 0.3) is 49.4 Å². The molecule has 6 aromatic rings. The highest BCUT2D eigenvalue weighted by Gasteiger charge is 2.36. The number of benzene rings is 4. The van der Waals surface area contributed by atoms with E-state index < -0.39 is 21.9 Å². The SMILES string of the molecule is CS(=O)(=O)OCCCn1nc(C2=C(c3cn(-c4ccc5ccccc5c4)c4ccccc34)C(=O)NC2=O)c2ccccc21. The highest BCUT2D eigenvalue weighted by Crippen LogP contribution is 2.39. The van der Waals surface area contributed by atoms with Crippen molar-refractivity contribution in [1.82, 2.24) is 19.7 Å². The number of para-hydroxylation sites is 2. The van der Waals surface area contributed by atoms with Crippen molar-refractivity contribution < 1.29 is 22.2 Å². The van der Waals surface area contributed by atoms with E-state index in [4.69, 9.17) is 9.28 Å². The molecule has 0 unspecified atom stereocenters. The van der Waals surface area contributed by atoms with Crippen LogP contribution in [0.15, 0.2) is 97.2 Å². The summed E-state index contributed by atoms with van der Waals surface area (Å²) in [6.07, 6.45) is 3.30. The van der Waals surface area contributed by atoms with Crippen molar-refractivity contribution in [3.63, 3.8) is 0 Å². The highest BCUT2D eigenvalue weighted by atomic mass is 32.2. The third-order valence-electron chi connectivity index (χ3n) is 7.63. The van der Waals surface area contributed by atoms with E-state index in [2.05, 4.69) is 29.6 Å². The molecule has 0 saturated carbocycles. The molecule has 1 aliphatic heterocycles. The van der Waals surface area contributed by atoms with Gasteiger partial charge >= 0.3 is 0 Å². The number of rotatable bonds is 8. The van der Waals surface area contributed by atoms with Gasteiger partial charge in [0.2, 0.25) is 0 Å². The third-order valence-corrected chi connectivity index (χ3v) is 8.22. The second kappa shape index (κ2) is 10.3. The highest BCUT2D eigenvalue weighted by molar-refractivity contribution is 7.85. The molecule has 9 nitrogen and oxygen atoms in total. The first-order valence-electron chi connectivity index (χ1n) is 13.8. The van der Waals surface area contributed by atoms with E-state index in [9.17, 15) is 18.0 Å². The van der Waals surface area contributed by atoms with Gasteiger partial charge in [0, 0.05) is 34.8 Å². The molecule has 2 amide bonds. The molecule has 0 spiro atoms. The Labute approximate surface area is 247 Å². The quantitative estimate of drug-likeness (QED) is 0.151. The molecule has 4 aromatic carbocycles. The lowest BCUT2D eigenvalue weighted by Gasteiger charge is -2.07. The fourth-order valence-corrected chi connectivity index (χ4v) is 6.18. The standard InChI is InChI=1S/C33H26N4O5S/c1-43(40,41)42-18-8-17-37-28-14-7-5-12-25(28)31(35-37)30-29(32(38)34-33(30)39)26-20-36(27-13-6-4-11-24(26)27)23-16-15-21-9-2-3-10-22(21)19-23/h2-7,9-16,19-20H,8,17-18H2,1H3,(H,34,38,39). The van der Waals surface area contributed by atoms with Gasteiger partial charge in [0.15, 0.2) is 0 Å². The maximum Gasteiger partial charge on any atom is 0.264 e. The summed E-state index contributed by atoms with van der Waals surface area (Å²) in [6, 6.07) is 29.6. The Kier molecular flexibility index (Phi) is 6.45. The van der Waals surface area contributed by atoms with Crippen LogP contribution in [0, 0.1) is 0 Å². The number of carbonyl (C=O) groups excluding carboxylic acids is 2. The minimum Gasteiger partial charge on any atom is -0.316 e. The Balaban J connectivity index is 1.39. The van der Waals surface area contributed by atoms with E-state index >= 15 is 0 Å². The fraction of sp³-hybridized carbons (Fsp3) is 0.121. The van der Waals surface area contributed by atoms with Gasteiger partial charge < -0.3 is 4.57 Å². The molecule has 0 aliphatic carbocycles. The van der Waals surface area contributed by atoms with E-state index in [1.54, 1.807) is 4.68 Å². The lowest BCUT2D eigenvalue weighted by atomic mass is 9.97. The van der Waals surface area contributed by atoms with Crippen LogP contribution in [0.4, 0.5) is 0 Å².